The molecule has 1 unspecified atom stereocenters. The van der Waals surface area contributed by atoms with Crippen molar-refractivity contribution in [2.45, 2.75) is 18.6 Å². The standard InChI is InChI=1S/C6H10O4/c1-9-6(5(7)8)3-2-4-10-6/h2-4H2,1H3,(H,7,8). The molecule has 0 spiro atoms. The molecule has 0 amide bonds. The first-order valence-corrected chi connectivity index (χ1v) is 3.14. The molecule has 10 heavy (non-hydrogen) atoms. The Morgan fingerprint density at radius 3 is 2.70 bits per heavy atom. The predicted octanol–water partition coefficient (Wildman–Crippen LogP) is 0.224. The molecule has 1 atom stereocenters. The van der Waals surface area contributed by atoms with Crippen LogP contribution in [0.2, 0.25) is 0 Å². The Morgan fingerprint density at radius 1 is 1.80 bits per heavy atom. The molecule has 1 aliphatic heterocycles. The van der Waals surface area contributed by atoms with Crippen LogP contribution in [-0.4, -0.2) is 30.6 Å². The molecule has 0 aromatic rings. The average molecular weight is 146 g/mol. The fraction of sp³-hybridized carbons (Fsp3) is 0.833. The van der Waals surface area contributed by atoms with Gasteiger partial charge in [-0.25, -0.2) is 4.79 Å². The van der Waals surface area contributed by atoms with Crippen molar-refractivity contribution in [1.82, 2.24) is 0 Å². The average Bonchev–Trinajstić information content (AvgIpc) is 2.35. The number of ether oxygens (including phenoxy) is 2. The highest BCUT2D eigenvalue weighted by atomic mass is 16.7. The zero-order chi connectivity index (χ0) is 7.61. The van der Waals surface area contributed by atoms with E-state index in [9.17, 15) is 4.79 Å². The van der Waals surface area contributed by atoms with Crippen LogP contribution >= 0.6 is 0 Å². The molecular formula is C6H10O4. The zero-order valence-electron chi connectivity index (χ0n) is 5.79. The van der Waals surface area contributed by atoms with Gasteiger partial charge in [-0.2, -0.15) is 0 Å². The van der Waals surface area contributed by atoms with Crippen molar-refractivity contribution in [2.24, 2.45) is 0 Å². The Hall–Kier alpha value is -0.610. The summed E-state index contributed by atoms with van der Waals surface area (Å²) in [5.74, 6) is -2.38. The molecule has 1 N–H and O–H groups in total. The monoisotopic (exact) mass is 146 g/mol. The van der Waals surface area contributed by atoms with E-state index in [1.54, 1.807) is 0 Å². The minimum Gasteiger partial charge on any atom is -0.477 e. The molecule has 0 aliphatic carbocycles. The number of carboxylic acids is 1. The van der Waals surface area contributed by atoms with Crippen LogP contribution in [0.3, 0.4) is 0 Å². The number of aliphatic carboxylic acids is 1. The molecule has 0 radical (unpaired) electrons. The largest absolute Gasteiger partial charge is 0.477 e. The van der Waals surface area contributed by atoms with Gasteiger partial charge in [-0.15, -0.1) is 0 Å². The van der Waals surface area contributed by atoms with Gasteiger partial charge in [-0.3, -0.25) is 0 Å². The van der Waals surface area contributed by atoms with Crippen LogP contribution in [0.4, 0.5) is 0 Å². The molecule has 1 aliphatic rings. The topological polar surface area (TPSA) is 55.8 Å². The number of rotatable bonds is 2. The molecule has 1 fully saturated rings. The van der Waals surface area contributed by atoms with Gasteiger partial charge in [0.2, 0.25) is 0 Å². The van der Waals surface area contributed by atoms with Crippen LogP contribution in [-0.2, 0) is 14.3 Å². The van der Waals surface area contributed by atoms with Crippen molar-refractivity contribution < 1.29 is 19.4 Å². The van der Waals surface area contributed by atoms with Crippen molar-refractivity contribution in [3.05, 3.63) is 0 Å². The minimum atomic E-state index is -1.35. The fourth-order valence-electron chi connectivity index (χ4n) is 1.03. The van der Waals surface area contributed by atoms with Gasteiger partial charge in [0.1, 0.15) is 0 Å². The molecule has 1 heterocycles. The Kier molecular flexibility index (Phi) is 1.92. The van der Waals surface area contributed by atoms with Crippen LogP contribution < -0.4 is 0 Å². The second kappa shape index (κ2) is 2.56. The summed E-state index contributed by atoms with van der Waals surface area (Å²) in [5, 5.41) is 8.61. The molecule has 0 saturated carbocycles. The molecule has 58 valence electrons. The van der Waals surface area contributed by atoms with Crippen LogP contribution in [0, 0.1) is 0 Å². The third kappa shape index (κ3) is 0.998. The Bertz CT molecular complexity index is 137. The summed E-state index contributed by atoms with van der Waals surface area (Å²) in [5.41, 5.74) is 0. The molecule has 0 aromatic carbocycles. The Morgan fingerprint density at radius 2 is 2.50 bits per heavy atom. The van der Waals surface area contributed by atoms with Gasteiger partial charge in [0.25, 0.3) is 5.79 Å². The van der Waals surface area contributed by atoms with E-state index in [1.807, 2.05) is 0 Å². The Balaban J connectivity index is 2.67. The van der Waals surface area contributed by atoms with Crippen LogP contribution in [0.25, 0.3) is 0 Å². The van der Waals surface area contributed by atoms with Gasteiger partial charge < -0.3 is 14.6 Å². The lowest BCUT2D eigenvalue weighted by Crippen LogP contribution is -2.39. The lowest BCUT2D eigenvalue weighted by molar-refractivity contribution is -0.217. The summed E-state index contributed by atoms with van der Waals surface area (Å²) < 4.78 is 9.67. The van der Waals surface area contributed by atoms with Gasteiger partial charge in [-0.1, -0.05) is 0 Å². The maximum atomic E-state index is 10.5. The molecule has 1 saturated heterocycles. The zero-order valence-corrected chi connectivity index (χ0v) is 5.79. The number of hydrogen-bond acceptors (Lipinski definition) is 3. The fourth-order valence-corrected chi connectivity index (χ4v) is 1.03. The van der Waals surface area contributed by atoms with Gasteiger partial charge in [0, 0.05) is 13.5 Å². The number of methoxy groups -OCH3 is 1. The van der Waals surface area contributed by atoms with Gasteiger partial charge >= 0.3 is 5.97 Å². The molecular weight excluding hydrogens is 136 g/mol. The number of carbonyl (C=O) groups is 1. The third-order valence-corrected chi connectivity index (χ3v) is 1.64. The normalized spacial score (nSPS) is 32.5. The minimum absolute atomic E-state index is 0.443. The van der Waals surface area contributed by atoms with Gasteiger partial charge in [0.15, 0.2) is 0 Å². The van der Waals surface area contributed by atoms with E-state index in [4.69, 9.17) is 14.6 Å². The first kappa shape index (κ1) is 7.50. The van der Waals surface area contributed by atoms with Crippen LogP contribution in [0.1, 0.15) is 12.8 Å². The third-order valence-electron chi connectivity index (χ3n) is 1.64. The predicted molar refractivity (Wildman–Crippen MR) is 32.6 cm³/mol. The van der Waals surface area contributed by atoms with Crippen molar-refractivity contribution in [2.75, 3.05) is 13.7 Å². The lowest BCUT2D eigenvalue weighted by Gasteiger charge is -2.20. The highest BCUT2D eigenvalue weighted by Gasteiger charge is 2.43. The van der Waals surface area contributed by atoms with Crippen molar-refractivity contribution in [1.29, 1.82) is 0 Å². The maximum absolute atomic E-state index is 10.5. The van der Waals surface area contributed by atoms with Crippen molar-refractivity contribution in [3.63, 3.8) is 0 Å². The highest BCUT2D eigenvalue weighted by Crippen LogP contribution is 2.26. The van der Waals surface area contributed by atoms with E-state index < -0.39 is 11.8 Å². The summed E-state index contributed by atoms with van der Waals surface area (Å²) >= 11 is 0. The lowest BCUT2D eigenvalue weighted by atomic mass is 10.2. The highest BCUT2D eigenvalue weighted by molar-refractivity contribution is 5.75. The van der Waals surface area contributed by atoms with E-state index in [-0.39, 0.29) is 0 Å². The van der Waals surface area contributed by atoms with Crippen molar-refractivity contribution in [3.8, 4) is 0 Å². The molecule has 0 aromatic heterocycles. The molecule has 4 nitrogen and oxygen atoms in total. The van der Waals surface area contributed by atoms with E-state index in [0.29, 0.717) is 13.0 Å². The molecule has 0 bridgehead atoms. The summed E-state index contributed by atoms with van der Waals surface area (Å²) in [6, 6.07) is 0. The Labute approximate surface area is 58.7 Å². The number of carboxylic acid groups (broad SMARTS) is 1. The number of hydrogen-bond donors (Lipinski definition) is 1. The summed E-state index contributed by atoms with van der Waals surface area (Å²) in [4.78, 5) is 10.5. The van der Waals surface area contributed by atoms with E-state index >= 15 is 0 Å². The van der Waals surface area contributed by atoms with Gasteiger partial charge in [0.05, 0.1) is 6.61 Å². The summed E-state index contributed by atoms with van der Waals surface area (Å²) in [6.07, 6.45) is 1.19. The van der Waals surface area contributed by atoms with Crippen LogP contribution in [0.5, 0.6) is 0 Å². The first-order chi connectivity index (χ1) is 4.71. The summed E-state index contributed by atoms with van der Waals surface area (Å²) in [6.45, 7) is 0.472. The molecule has 1 rings (SSSR count). The second-order valence-corrected chi connectivity index (χ2v) is 2.21. The summed E-state index contributed by atoms with van der Waals surface area (Å²) in [7, 11) is 1.35. The van der Waals surface area contributed by atoms with E-state index in [1.165, 1.54) is 7.11 Å². The van der Waals surface area contributed by atoms with Gasteiger partial charge in [-0.05, 0) is 6.42 Å². The first-order valence-electron chi connectivity index (χ1n) is 3.14. The smallest absolute Gasteiger partial charge is 0.364 e. The quantitative estimate of drug-likeness (QED) is 0.605. The second-order valence-electron chi connectivity index (χ2n) is 2.21. The van der Waals surface area contributed by atoms with E-state index in [2.05, 4.69) is 0 Å². The SMILES string of the molecule is COC1(C(=O)O)CCCO1. The van der Waals surface area contributed by atoms with E-state index in [0.717, 1.165) is 6.42 Å². The van der Waals surface area contributed by atoms with Crippen LogP contribution in [0.15, 0.2) is 0 Å². The molecule has 4 heteroatoms. The maximum Gasteiger partial charge on any atom is 0.364 e. The van der Waals surface area contributed by atoms with Crippen molar-refractivity contribution >= 4 is 5.97 Å².